The molecule has 0 saturated carbocycles. The quantitative estimate of drug-likeness (QED) is 0.454. The number of rotatable bonds is 5. The molecule has 0 spiro atoms. The summed E-state index contributed by atoms with van der Waals surface area (Å²) < 4.78 is 2.11. The van der Waals surface area contributed by atoms with Gasteiger partial charge in [-0.05, 0) is 36.8 Å². The Labute approximate surface area is 181 Å². The van der Waals surface area contributed by atoms with Crippen molar-refractivity contribution in [3.63, 3.8) is 0 Å². The summed E-state index contributed by atoms with van der Waals surface area (Å²) in [4.78, 5) is 11.1. The number of hydrogen-bond acceptors (Lipinski definition) is 4. The topological polar surface area (TPSA) is 46.0 Å². The average Bonchev–Trinajstić information content (AvgIpc) is 3.25. The van der Waals surface area contributed by atoms with Crippen molar-refractivity contribution in [1.29, 1.82) is 0 Å². The maximum absolute atomic E-state index is 6.52. The van der Waals surface area contributed by atoms with Gasteiger partial charge < -0.3 is 14.8 Å². The van der Waals surface area contributed by atoms with E-state index in [1.165, 1.54) is 17.5 Å². The minimum Gasteiger partial charge on any atom is -0.314 e. The Hall–Kier alpha value is -3.15. The van der Waals surface area contributed by atoms with Gasteiger partial charge in [-0.3, -0.25) is 0 Å². The minimum absolute atomic E-state index is 0.0601. The van der Waals surface area contributed by atoms with E-state index in [1.54, 1.807) is 0 Å². The molecular formula is C24H22ClN5. The fourth-order valence-electron chi connectivity index (χ4n) is 4.03. The highest BCUT2D eigenvalue weighted by molar-refractivity contribution is 6.31. The van der Waals surface area contributed by atoms with Crippen molar-refractivity contribution in [2.45, 2.75) is 19.5 Å². The fourth-order valence-corrected chi connectivity index (χ4v) is 4.25. The number of fused-ring (bicyclic) bond motifs is 3. The predicted molar refractivity (Wildman–Crippen MR) is 121 cm³/mol. The third-order valence-electron chi connectivity index (χ3n) is 5.48. The number of aromatic nitrogens is 3. The number of halogens is 1. The molecule has 0 fully saturated rings. The molecule has 150 valence electrons. The number of nitrogens with zero attached hydrogens (tertiary/aromatic N) is 4. The molecule has 4 aromatic rings. The molecule has 6 heteroatoms. The summed E-state index contributed by atoms with van der Waals surface area (Å²) in [7, 11) is 0. The lowest BCUT2D eigenvalue weighted by Crippen LogP contribution is -2.38. The molecule has 1 aliphatic rings. The van der Waals surface area contributed by atoms with Crippen LogP contribution < -0.4 is 10.2 Å². The first-order chi connectivity index (χ1) is 14.7. The monoisotopic (exact) mass is 415 g/mol. The van der Waals surface area contributed by atoms with E-state index in [9.17, 15) is 0 Å². The van der Waals surface area contributed by atoms with Crippen molar-refractivity contribution in [2.24, 2.45) is 0 Å². The predicted octanol–water partition coefficient (Wildman–Crippen LogP) is 5.21. The smallest absolute Gasteiger partial charge is 0.163 e. The highest BCUT2D eigenvalue weighted by Gasteiger charge is 2.34. The van der Waals surface area contributed by atoms with Crippen LogP contribution in [-0.4, -0.2) is 21.1 Å². The molecule has 1 aliphatic heterocycles. The van der Waals surface area contributed by atoms with E-state index < -0.39 is 0 Å². The second-order valence-electron chi connectivity index (χ2n) is 7.48. The van der Waals surface area contributed by atoms with Gasteiger partial charge in [0, 0.05) is 30.7 Å². The third-order valence-corrected chi connectivity index (χ3v) is 5.76. The molecule has 0 saturated heterocycles. The van der Waals surface area contributed by atoms with Crippen LogP contribution in [0.15, 0.2) is 79.3 Å². The lowest BCUT2D eigenvalue weighted by molar-refractivity contribution is 0.554. The second-order valence-corrected chi connectivity index (χ2v) is 7.84. The van der Waals surface area contributed by atoms with Gasteiger partial charge in [0.2, 0.25) is 0 Å². The highest BCUT2D eigenvalue weighted by atomic mass is 35.5. The van der Waals surface area contributed by atoms with Crippen LogP contribution in [0.4, 0.5) is 11.5 Å². The number of aryl methyl sites for hydroxylation is 1. The van der Waals surface area contributed by atoms with Crippen LogP contribution >= 0.6 is 11.6 Å². The van der Waals surface area contributed by atoms with Gasteiger partial charge in [0.15, 0.2) is 11.0 Å². The first-order valence-corrected chi connectivity index (χ1v) is 10.4. The van der Waals surface area contributed by atoms with Crippen molar-refractivity contribution in [1.82, 2.24) is 19.9 Å². The summed E-state index contributed by atoms with van der Waals surface area (Å²) in [6, 6.07) is 23.2. The zero-order valence-electron chi connectivity index (χ0n) is 16.7. The molecule has 5 rings (SSSR count). The van der Waals surface area contributed by atoms with Gasteiger partial charge in [0.1, 0.15) is 12.0 Å². The molecule has 30 heavy (non-hydrogen) atoms. The van der Waals surface area contributed by atoms with Gasteiger partial charge in [0.05, 0.1) is 6.04 Å². The van der Waals surface area contributed by atoms with Crippen molar-refractivity contribution >= 4 is 23.1 Å². The molecule has 1 unspecified atom stereocenters. The van der Waals surface area contributed by atoms with Gasteiger partial charge in [-0.1, -0.05) is 59.6 Å². The summed E-state index contributed by atoms with van der Waals surface area (Å²) in [5, 5.41) is 4.08. The van der Waals surface area contributed by atoms with Gasteiger partial charge in [0.25, 0.3) is 0 Å². The maximum Gasteiger partial charge on any atom is 0.163 e. The Kier molecular flexibility index (Phi) is 4.99. The van der Waals surface area contributed by atoms with Crippen molar-refractivity contribution in [3.8, 4) is 5.69 Å². The van der Waals surface area contributed by atoms with Crippen molar-refractivity contribution < 1.29 is 0 Å². The lowest BCUT2D eigenvalue weighted by atomic mass is 10.1. The van der Waals surface area contributed by atoms with Crippen LogP contribution in [-0.2, 0) is 6.54 Å². The minimum atomic E-state index is 0.0601. The van der Waals surface area contributed by atoms with Gasteiger partial charge in [-0.2, -0.15) is 0 Å². The molecule has 2 aromatic heterocycles. The maximum atomic E-state index is 6.52. The van der Waals surface area contributed by atoms with Crippen LogP contribution in [0.2, 0.25) is 5.15 Å². The van der Waals surface area contributed by atoms with E-state index in [1.807, 2.05) is 18.3 Å². The van der Waals surface area contributed by atoms with E-state index in [0.29, 0.717) is 5.15 Å². The Morgan fingerprint density at radius 3 is 2.57 bits per heavy atom. The largest absolute Gasteiger partial charge is 0.314 e. The lowest BCUT2D eigenvalue weighted by Gasteiger charge is -2.39. The average molecular weight is 416 g/mol. The number of nitrogens with one attached hydrogen (secondary N) is 1. The molecule has 0 aliphatic carbocycles. The van der Waals surface area contributed by atoms with Crippen LogP contribution in [0.3, 0.4) is 0 Å². The molecule has 0 bridgehead atoms. The molecule has 1 N–H and O–H groups in total. The number of anilines is 2. The van der Waals surface area contributed by atoms with Crippen molar-refractivity contribution in [3.05, 3.63) is 101 Å². The molecule has 5 nitrogen and oxygen atoms in total. The second kappa shape index (κ2) is 7.94. The number of benzene rings is 2. The van der Waals surface area contributed by atoms with E-state index in [2.05, 4.69) is 86.3 Å². The van der Waals surface area contributed by atoms with E-state index >= 15 is 0 Å². The third kappa shape index (κ3) is 3.36. The van der Waals surface area contributed by atoms with Gasteiger partial charge in [-0.15, -0.1) is 0 Å². The molecule has 0 amide bonds. The Morgan fingerprint density at radius 2 is 1.77 bits per heavy atom. The standard InChI is InChI=1S/C24H22ClN5/c1-17-9-11-19(12-10-17)30-21(15-26-14-18-6-3-2-4-7-18)20-8-5-13-29(20)22-23(25)27-16-28-24(22)30/h2-13,16,21,26H,14-15H2,1H3. The first-order valence-electron chi connectivity index (χ1n) is 10.0. The number of hydrogen-bond donors (Lipinski definition) is 1. The summed E-state index contributed by atoms with van der Waals surface area (Å²) >= 11 is 6.52. The van der Waals surface area contributed by atoms with Crippen LogP contribution in [0, 0.1) is 6.92 Å². The van der Waals surface area contributed by atoms with E-state index in [0.717, 1.165) is 36.0 Å². The summed E-state index contributed by atoms with van der Waals surface area (Å²) in [6.07, 6.45) is 3.56. The Bertz CT molecular complexity index is 1150. The molecule has 3 heterocycles. The van der Waals surface area contributed by atoms with Crippen molar-refractivity contribution in [2.75, 3.05) is 11.4 Å². The molecular weight excluding hydrogens is 394 g/mol. The van der Waals surface area contributed by atoms with E-state index in [-0.39, 0.29) is 6.04 Å². The Balaban J connectivity index is 1.55. The van der Waals surface area contributed by atoms with Crippen LogP contribution in [0.5, 0.6) is 0 Å². The molecule has 2 aromatic carbocycles. The molecule has 0 radical (unpaired) electrons. The zero-order chi connectivity index (χ0) is 20.5. The van der Waals surface area contributed by atoms with Gasteiger partial charge in [-0.25, -0.2) is 9.97 Å². The highest BCUT2D eigenvalue weighted by Crippen LogP contribution is 2.44. The summed E-state index contributed by atoms with van der Waals surface area (Å²) in [5.41, 5.74) is 5.53. The Morgan fingerprint density at radius 1 is 0.967 bits per heavy atom. The van der Waals surface area contributed by atoms with Crippen LogP contribution in [0.1, 0.15) is 22.9 Å². The first kappa shape index (κ1) is 18.9. The molecule has 1 atom stereocenters. The SMILES string of the molecule is Cc1ccc(N2c3ncnc(Cl)c3-n3cccc3C2CNCc2ccccc2)cc1. The zero-order valence-corrected chi connectivity index (χ0v) is 17.4. The van der Waals surface area contributed by atoms with Crippen LogP contribution in [0.25, 0.3) is 5.69 Å². The van der Waals surface area contributed by atoms with E-state index in [4.69, 9.17) is 11.6 Å². The summed E-state index contributed by atoms with van der Waals surface area (Å²) in [5.74, 6) is 0.814. The fraction of sp³-hybridized carbons (Fsp3) is 0.167. The summed E-state index contributed by atoms with van der Waals surface area (Å²) in [6.45, 7) is 3.65. The normalized spacial score (nSPS) is 15.0. The van der Waals surface area contributed by atoms with Gasteiger partial charge >= 0.3 is 0 Å².